The molecule has 1 fully saturated rings. The van der Waals surface area contributed by atoms with Gasteiger partial charge in [-0.1, -0.05) is 13.8 Å². The number of hydrogen-bond acceptors (Lipinski definition) is 8. The number of nitrogens with zero attached hydrogens (tertiary/aromatic N) is 3. The van der Waals surface area contributed by atoms with Gasteiger partial charge in [-0.2, -0.15) is 0 Å². The molecule has 0 unspecified atom stereocenters. The molecule has 1 rings (SSSR count). The molecule has 0 aromatic heterocycles. The number of Topliss-reactive ketones (excluding diaryl/α,β-unsaturated/α-hetero) is 1. The fourth-order valence-electron chi connectivity index (χ4n) is 2.55. The Labute approximate surface area is 178 Å². The summed E-state index contributed by atoms with van der Waals surface area (Å²) in [6, 6.07) is 0. The number of rotatable bonds is 6. The number of carbonyl (C=O) groups is 4. The van der Waals surface area contributed by atoms with Crippen LogP contribution in [-0.2, 0) is 19.2 Å². The summed E-state index contributed by atoms with van der Waals surface area (Å²) >= 11 is 0. The number of aliphatic carboxylic acids is 3. The third-order valence-electron chi connectivity index (χ3n) is 3.75. The van der Waals surface area contributed by atoms with Crippen LogP contribution >= 0.6 is 0 Å². The van der Waals surface area contributed by atoms with Crippen LogP contribution in [0, 0.1) is 0 Å². The molecule has 1 aliphatic rings. The first-order chi connectivity index (χ1) is 14.1. The number of nitrogens with one attached hydrogen (secondary N) is 1. The molecule has 0 saturated carbocycles. The van der Waals surface area contributed by atoms with Gasteiger partial charge in [-0.05, 0) is 13.8 Å². The lowest BCUT2D eigenvalue weighted by Crippen LogP contribution is -2.47. The van der Waals surface area contributed by atoms with Gasteiger partial charge in [-0.3, -0.25) is 29.1 Å². The van der Waals surface area contributed by atoms with Crippen molar-refractivity contribution in [2.24, 2.45) is 0 Å². The SMILES string of the molecule is CC.CC(C)=O.O=C(O)CN1CCNCCN(CC(=O)O)CCN(CC(=O)O)CC1. The number of carboxylic acid groups (broad SMARTS) is 3. The summed E-state index contributed by atoms with van der Waals surface area (Å²) < 4.78 is 0. The smallest absolute Gasteiger partial charge is 0.317 e. The Morgan fingerprint density at radius 3 is 1.10 bits per heavy atom. The van der Waals surface area contributed by atoms with E-state index in [1.165, 1.54) is 13.8 Å². The molecule has 0 aliphatic carbocycles. The lowest BCUT2D eigenvalue weighted by atomic mass is 10.3. The van der Waals surface area contributed by atoms with Gasteiger partial charge in [0.05, 0.1) is 19.6 Å². The Kier molecular flexibility index (Phi) is 19.0. The summed E-state index contributed by atoms with van der Waals surface area (Å²) in [6.45, 7) is 10.7. The van der Waals surface area contributed by atoms with E-state index in [-0.39, 0.29) is 25.4 Å². The number of carboxylic acids is 3. The maximum absolute atomic E-state index is 11.0. The summed E-state index contributed by atoms with van der Waals surface area (Å²) in [5.74, 6) is -2.63. The van der Waals surface area contributed by atoms with Crippen molar-refractivity contribution in [2.45, 2.75) is 27.7 Å². The van der Waals surface area contributed by atoms with Crippen molar-refractivity contribution < 1.29 is 34.5 Å². The molecule has 0 amide bonds. The highest BCUT2D eigenvalue weighted by atomic mass is 16.4. The Morgan fingerprint density at radius 1 is 0.633 bits per heavy atom. The Hall–Kier alpha value is -2.08. The van der Waals surface area contributed by atoms with Crippen molar-refractivity contribution in [1.82, 2.24) is 20.0 Å². The van der Waals surface area contributed by atoms with Gasteiger partial charge in [0.25, 0.3) is 0 Å². The molecule has 0 radical (unpaired) electrons. The minimum Gasteiger partial charge on any atom is -0.480 e. The summed E-state index contributed by atoms with van der Waals surface area (Å²) in [6.07, 6.45) is 0. The molecule has 30 heavy (non-hydrogen) atoms. The molecule has 11 nitrogen and oxygen atoms in total. The van der Waals surface area contributed by atoms with Gasteiger partial charge in [0.1, 0.15) is 5.78 Å². The lowest BCUT2D eigenvalue weighted by molar-refractivity contribution is -0.140. The first-order valence-electron chi connectivity index (χ1n) is 10.1. The topological polar surface area (TPSA) is 151 Å². The molecule has 0 atom stereocenters. The summed E-state index contributed by atoms with van der Waals surface area (Å²) in [4.78, 5) is 47.5. The average molecular weight is 435 g/mol. The fourth-order valence-corrected chi connectivity index (χ4v) is 2.55. The molecule has 1 aliphatic heterocycles. The molecule has 0 spiro atoms. The number of carbonyl (C=O) groups excluding carboxylic acids is 1. The largest absolute Gasteiger partial charge is 0.480 e. The lowest BCUT2D eigenvalue weighted by Gasteiger charge is -2.29. The molecule has 1 heterocycles. The number of ketones is 1. The molecule has 0 bridgehead atoms. The maximum atomic E-state index is 11.0. The Bertz CT molecular complexity index is 483. The molecule has 0 aromatic carbocycles. The van der Waals surface area contributed by atoms with Gasteiger partial charge < -0.3 is 25.4 Å². The van der Waals surface area contributed by atoms with Crippen LogP contribution in [0.1, 0.15) is 27.7 Å². The van der Waals surface area contributed by atoms with Crippen LogP contribution in [0.2, 0.25) is 0 Å². The van der Waals surface area contributed by atoms with Crippen molar-refractivity contribution >= 4 is 23.7 Å². The van der Waals surface area contributed by atoms with E-state index in [0.717, 1.165) is 0 Å². The molecule has 0 aromatic rings. The van der Waals surface area contributed by atoms with E-state index in [0.29, 0.717) is 52.4 Å². The quantitative estimate of drug-likeness (QED) is 0.423. The highest BCUT2D eigenvalue weighted by Crippen LogP contribution is 1.97. The van der Waals surface area contributed by atoms with Gasteiger partial charge in [0.2, 0.25) is 0 Å². The Balaban J connectivity index is 0. The van der Waals surface area contributed by atoms with E-state index in [1.54, 1.807) is 14.7 Å². The van der Waals surface area contributed by atoms with Gasteiger partial charge >= 0.3 is 17.9 Å². The van der Waals surface area contributed by atoms with Gasteiger partial charge in [0.15, 0.2) is 0 Å². The predicted molar refractivity (Wildman–Crippen MR) is 113 cm³/mol. The molecule has 11 heteroatoms. The number of hydrogen-bond donors (Lipinski definition) is 4. The normalized spacial score (nSPS) is 17.1. The van der Waals surface area contributed by atoms with Crippen molar-refractivity contribution in [2.75, 3.05) is 72.0 Å². The van der Waals surface area contributed by atoms with Crippen LogP contribution in [0.5, 0.6) is 0 Å². The molecule has 1 saturated heterocycles. The van der Waals surface area contributed by atoms with Crippen LogP contribution in [-0.4, -0.2) is 126 Å². The Morgan fingerprint density at radius 2 is 0.867 bits per heavy atom. The summed E-state index contributed by atoms with van der Waals surface area (Å²) in [7, 11) is 0. The van der Waals surface area contributed by atoms with Gasteiger partial charge in [-0.25, -0.2) is 0 Å². The van der Waals surface area contributed by atoms with Crippen molar-refractivity contribution in [1.29, 1.82) is 0 Å². The second kappa shape index (κ2) is 18.9. The zero-order chi connectivity index (χ0) is 23.5. The van der Waals surface area contributed by atoms with Crippen LogP contribution in [0.4, 0.5) is 0 Å². The van der Waals surface area contributed by atoms with E-state index < -0.39 is 17.9 Å². The van der Waals surface area contributed by atoms with Gasteiger partial charge in [0, 0.05) is 52.4 Å². The highest BCUT2D eigenvalue weighted by Gasteiger charge is 2.17. The zero-order valence-corrected chi connectivity index (χ0v) is 18.6. The monoisotopic (exact) mass is 434 g/mol. The third-order valence-corrected chi connectivity index (χ3v) is 3.75. The molecular weight excluding hydrogens is 396 g/mol. The van der Waals surface area contributed by atoms with E-state index in [4.69, 9.17) is 15.3 Å². The minimum atomic E-state index is -0.960. The predicted octanol–water partition coefficient (Wildman–Crippen LogP) is -0.629. The summed E-state index contributed by atoms with van der Waals surface area (Å²) in [5, 5.41) is 30.1. The second-order valence-electron chi connectivity index (χ2n) is 6.67. The van der Waals surface area contributed by atoms with E-state index in [9.17, 15) is 19.2 Å². The van der Waals surface area contributed by atoms with Crippen molar-refractivity contribution in [3.63, 3.8) is 0 Å². The maximum Gasteiger partial charge on any atom is 0.317 e. The van der Waals surface area contributed by atoms with Crippen molar-refractivity contribution in [3.8, 4) is 0 Å². The minimum absolute atomic E-state index is 0.0896. The van der Waals surface area contributed by atoms with E-state index >= 15 is 0 Å². The van der Waals surface area contributed by atoms with Crippen LogP contribution < -0.4 is 5.32 Å². The molecule has 4 N–H and O–H groups in total. The standard InChI is InChI=1S/C14H26N4O6.C3H6O.C2H6/c19-12(20)9-16-3-1-15-2-4-17(10-13(21)22)6-8-18(7-5-16)11-14(23)24;1-3(2)4;1-2/h15H,1-11H2,(H,19,20)(H,21,22)(H,23,24);1-2H3;1-2H3. The van der Waals surface area contributed by atoms with Crippen LogP contribution in [0.3, 0.4) is 0 Å². The van der Waals surface area contributed by atoms with Crippen LogP contribution in [0.15, 0.2) is 0 Å². The zero-order valence-electron chi connectivity index (χ0n) is 18.6. The first-order valence-corrected chi connectivity index (χ1v) is 10.1. The van der Waals surface area contributed by atoms with Crippen LogP contribution in [0.25, 0.3) is 0 Å². The van der Waals surface area contributed by atoms with E-state index in [1.807, 2.05) is 13.8 Å². The highest BCUT2D eigenvalue weighted by molar-refractivity contribution is 5.72. The second-order valence-corrected chi connectivity index (χ2v) is 6.67. The first kappa shape index (κ1) is 30.1. The molecular formula is C19H38N4O7. The molecule has 176 valence electrons. The van der Waals surface area contributed by atoms with Crippen molar-refractivity contribution in [3.05, 3.63) is 0 Å². The third kappa shape index (κ3) is 20.6. The van der Waals surface area contributed by atoms with E-state index in [2.05, 4.69) is 5.32 Å². The summed E-state index contributed by atoms with van der Waals surface area (Å²) in [5.41, 5.74) is 0. The average Bonchev–Trinajstić information content (AvgIpc) is 2.61. The van der Waals surface area contributed by atoms with Gasteiger partial charge in [-0.15, -0.1) is 0 Å². The fraction of sp³-hybridized carbons (Fsp3) is 0.789.